The Bertz CT molecular complexity index is 450. The van der Waals surface area contributed by atoms with Gasteiger partial charge in [0.15, 0.2) is 0 Å². The Morgan fingerprint density at radius 2 is 1.85 bits per heavy atom. The standard InChI is InChI=1S/C17H27FN2/c1-13-12-14(18)8-9-15(13)16(19-4)17(2,3)20-10-6-5-7-11-20/h8-9,12,16,19H,5-7,10-11H2,1-4H3. The average molecular weight is 278 g/mol. The summed E-state index contributed by atoms with van der Waals surface area (Å²) < 4.78 is 13.3. The summed E-state index contributed by atoms with van der Waals surface area (Å²) in [6.07, 6.45) is 3.90. The van der Waals surface area contributed by atoms with E-state index in [2.05, 4.69) is 24.1 Å². The van der Waals surface area contributed by atoms with E-state index in [4.69, 9.17) is 0 Å². The van der Waals surface area contributed by atoms with Crippen LogP contribution in [0.3, 0.4) is 0 Å². The molecule has 2 rings (SSSR count). The maximum atomic E-state index is 13.3. The second-order valence-electron chi connectivity index (χ2n) is 6.42. The Balaban J connectivity index is 2.29. The largest absolute Gasteiger partial charge is 0.311 e. The third-order valence-corrected chi connectivity index (χ3v) is 4.71. The van der Waals surface area contributed by atoms with Crippen molar-refractivity contribution in [1.82, 2.24) is 10.2 Å². The molecule has 0 amide bonds. The number of halogens is 1. The Kier molecular flexibility index (Phi) is 4.82. The number of aryl methyl sites for hydroxylation is 1. The second-order valence-corrected chi connectivity index (χ2v) is 6.42. The van der Waals surface area contributed by atoms with Gasteiger partial charge in [0.25, 0.3) is 0 Å². The van der Waals surface area contributed by atoms with E-state index in [1.807, 2.05) is 20.0 Å². The van der Waals surface area contributed by atoms with Gasteiger partial charge in [0.2, 0.25) is 0 Å². The molecule has 1 unspecified atom stereocenters. The summed E-state index contributed by atoms with van der Waals surface area (Å²) in [5.41, 5.74) is 2.25. The molecule has 1 aromatic carbocycles. The number of benzene rings is 1. The highest BCUT2D eigenvalue weighted by Crippen LogP contribution is 2.34. The fourth-order valence-electron chi connectivity index (χ4n) is 3.51. The molecular formula is C17H27FN2. The average Bonchev–Trinajstić information content (AvgIpc) is 2.43. The molecular weight excluding hydrogens is 251 g/mol. The SMILES string of the molecule is CNC(c1ccc(F)cc1C)C(C)(C)N1CCCCC1. The number of likely N-dealkylation sites (tertiary alicyclic amines) is 1. The normalized spacial score (nSPS) is 19.1. The van der Waals surface area contributed by atoms with Crippen molar-refractivity contribution in [1.29, 1.82) is 0 Å². The van der Waals surface area contributed by atoms with Crippen LogP contribution < -0.4 is 5.32 Å². The van der Waals surface area contributed by atoms with E-state index < -0.39 is 0 Å². The van der Waals surface area contributed by atoms with Gasteiger partial charge in [-0.3, -0.25) is 4.90 Å². The van der Waals surface area contributed by atoms with Gasteiger partial charge in [0.1, 0.15) is 5.82 Å². The highest BCUT2D eigenvalue weighted by Gasteiger charge is 2.36. The van der Waals surface area contributed by atoms with Crippen molar-refractivity contribution in [3.05, 3.63) is 35.1 Å². The van der Waals surface area contributed by atoms with Crippen LogP contribution in [0.15, 0.2) is 18.2 Å². The number of rotatable bonds is 4. The van der Waals surface area contributed by atoms with Gasteiger partial charge >= 0.3 is 0 Å². The predicted molar refractivity (Wildman–Crippen MR) is 82.4 cm³/mol. The summed E-state index contributed by atoms with van der Waals surface area (Å²) in [5, 5.41) is 3.45. The molecule has 1 saturated heterocycles. The molecule has 0 aromatic heterocycles. The lowest BCUT2D eigenvalue weighted by atomic mass is 9.84. The number of hydrogen-bond acceptors (Lipinski definition) is 2. The van der Waals surface area contributed by atoms with E-state index in [-0.39, 0.29) is 17.4 Å². The van der Waals surface area contributed by atoms with Crippen LogP contribution in [0.4, 0.5) is 4.39 Å². The van der Waals surface area contributed by atoms with Gasteiger partial charge in [-0.2, -0.15) is 0 Å². The van der Waals surface area contributed by atoms with Gasteiger partial charge in [0, 0.05) is 5.54 Å². The molecule has 0 saturated carbocycles. The smallest absolute Gasteiger partial charge is 0.123 e. The number of piperidine rings is 1. The molecule has 0 radical (unpaired) electrons. The molecule has 1 N–H and O–H groups in total. The molecule has 1 aliphatic rings. The van der Waals surface area contributed by atoms with Crippen LogP contribution in [0, 0.1) is 12.7 Å². The molecule has 0 spiro atoms. The molecule has 20 heavy (non-hydrogen) atoms. The summed E-state index contributed by atoms with van der Waals surface area (Å²) in [5.74, 6) is -0.156. The van der Waals surface area contributed by atoms with Crippen molar-refractivity contribution < 1.29 is 4.39 Å². The first kappa shape index (κ1) is 15.5. The highest BCUT2D eigenvalue weighted by molar-refractivity contribution is 5.32. The Hall–Kier alpha value is -0.930. The lowest BCUT2D eigenvalue weighted by Crippen LogP contribution is -2.53. The minimum atomic E-state index is -0.156. The number of nitrogens with zero attached hydrogens (tertiary/aromatic N) is 1. The zero-order chi connectivity index (χ0) is 14.8. The van der Waals surface area contributed by atoms with Crippen LogP contribution in [-0.2, 0) is 0 Å². The molecule has 3 heteroatoms. The van der Waals surface area contributed by atoms with Crippen LogP contribution in [0.1, 0.15) is 50.3 Å². The van der Waals surface area contributed by atoms with Gasteiger partial charge in [0.05, 0.1) is 6.04 Å². The molecule has 0 aliphatic carbocycles. The third-order valence-electron chi connectivity index (χ3n) is 4.71. The Morgan fingerprint density at radius 3 is 2.40 bits per heavy atom. The molecule has 2 nitrogen and oxygen atoms in total. The van der Waals surface area contributed by atoms with Crippen LogP contribution in [0.25, 0.3) is 0 Å². The Labute approximate surface area is 122 Å². The number of nitrogens with one attached hydrogen (secondary N) is 1. The zero-order valence-electron chi connectivity index (χ0n) is 13.2. The highest BCUT2D eigenvalue weighted by atomic mass is 19.1. The van der Waals surface area contributed by atoms with E-state index in [0.717, 1.165) is 18.7 Å². The maximum absolute atomic E-state index is 13.3. The first-order valence-corrected chi connectivity index (χ1v) is 7.65. The van der Waals surface area contributed by atoms with Crippen molar-refractivity contribution >= 4 is 0 Å². The van der Waals surface area contributed by atoms with Crippen molar-refractivity contribution in [2.75, 3.05) is 20.1 Å². The van der Waals surface area contributed by atoms with E-state index >= 15 is 0 Å². The van der Waals surface area contributed by atoms with Crippen LogP contribution in [0.5, 0.6) is 0 Å². The molecule has 0 bridgehead atoms. The van der Waals surface area contributed by atoms with Gasteiger partial charge in [-0.1, -0.05) is 12.5 Å². The van der Waals surface area contributed by atoms with Crippen LogP contribution >= 0.6 is 0 Å². The lowest BCUT2D eigenvalue weighted by Gasteiger charge is -2.46. The molecule has 1 aliphatic heterocycles. The monoisotopic (exact) mass is 278 g/mol. The van der Waals surface area contributed by atoms with E-state index in [0.29, 0.717) is 0 Å². The third kappa shape index (κ3) is 3.04. The van der Waals surface area contributed by atoms with Gasteiger partial charge in [-0.25, -0.2) is 4.39 Å². The van der Waals surface area contributed by atoms with Crippen molar-refractivity contribution in [3.8, 4) is 0 Å². The first-order chi connectivity index (χ1) is 9.46. The number of hydrogen-bond donors (Lipinski definition) is 1. The molecule has 1 heterocycles. The van der Waals surface area contributed by atoms with Crippen LogP contribution in [0.2, 0.25) is 0 Å². The van der Waals surface area contributed by atoms with Crippen molar-refractivity contribution in [2.24, 2.45) is 0 Å². The Morgan fingerprint density at radius 1 is 1.20 bits per heavy atom. The topological polar surface area (TPSA) is 15.3 Å². The van der Waals surface area contributed by atoms with Gasteiger partial charge in [-0.05, 0) is 77.0 Å². The summed E-state index contributed by atoms with van der Waals surface area (Å²) in [4.78, 5) is 2.57. The summed E-state index contributed by atoms with van der Waals surface area (Å²) in [6.45, 7) is 8.90. The quantitative estimate of drug-likeness (QED) is 0.904. The van der Waals surface area contributed by atoms with Gasteiger partial charge < -0.3 is 5.32 Å². The predicted octanol–water partition coefficient (Wildman–Crippen LogP) is 3.66. The zero-order valence-corrected chi connectivity index (χ0v) is 13.2. The van der Waals surface area contributed by atoms with Crippen LogP contribution in [-0.4, -0.2) is 30.6 Å². The summed E-state index contributed by atoms with van der Waals surface area (Å²) in [6, 6.07) is 5.34. The molecule has 1 fully saturated rings. The molecule has 1 atom stereocenters. The van der Waals surface area contributed by atoms with Gasteiger partial charge in [-0.15, -0.1) is 0 Å². The van der Waals surface area contributed by atoms with Crippen molar-refractivity contribution in [3.63, 3.8) is 0 Å². The number of likely N-dealkylation sites (N-methyl/N-ethyl adjacent to an activating group) is 1. The fourth-order valence-corrected chi connectivity index (χ4v) is 3.51. The molecule has 1 aromatic rings. The summed E-state index contributed by atoms with van der Waals surface area (Å²) >= 11 is 0. The van der Waals surface area contributed by atoms with E-state index in [1.165, 1.54) is 24.8 Å². The lowest BCUT2D eigenvalue weighted by molar-refractivity contribution is 0.0630. The second kappa shape index (κ2) is 6.23. The maximum Gasteiger partial charge on any atom is 0.123 e. The molecule has 112 valence electrons. The minimum Gasteiger partial charge on any atom is -0.311 e. The van der Waals surface area contributed by atoms with Crippen molar-refractivity contribution in [2.45, 2.75) is 51.6 Å². The minimum absolute atomic E-state index is 0.0256. The fraction of sp³-hybridized carbons (Fsp3) is 0.647. The van der Waals surface area contributed by atoms with E-state index in [1.54, 1.807) is 12.1 Å². The van der Waals surface area contributed by atoms with E-state index in [9.17, 15) is 4.39 Å². The summed E-state index contributed by atoms with van der Waals surface area (Å²) in [7, 11) is 2.00. The first-order valence-electron chi connectivity index (χ1n) is 7.65.